The minimum atomic E-state index is -3.74. The van der Waals surface area contributed by atoms with Gasteiger partial charge in [-0.2, -0.15) is 0 Å². The van der Waals surface area contributed by atoms with Gasteiger partial charge < -0.3 is 10.2 Å². The van der Waals surface area contributed by atoms with Crippen molar-refractivity contribution in [1.29, 1.82) is 0 Å². The lowest BCUT2D eigenvalue weighted by Gasteiger charge is -2.33. The zero-order valence-electron chi connectivity index (χ0n) is 18.6. The molecule has 0 fully saturated rings. The van der Waals surface area contributed by atoms with Crippen molar-refractivity contribution in [2.45, 2.75) is 39.3 Å². The molecule has 32 heavy (non-hydrogen) atoms. The summed E-state index contributed by atoms with van der Waals surface area (Å²) in [5.41, 5.74) is 1.06. The molecule has 1 N–H and O–H groups in total. The Labute approximate surface area is 195 Å². The predicted octanol–water partition coefficient (Wildman–Crippen LogP) is 3.44. The van der Waals surface area contributed by atoms with Crippen LogP contribution in [0.1, 0.15) is 32.3 Å². The Balaban J connectivity index is 2.41. The third-order valence-corrected chi connectivity index (χ3v) is 6.47. The Morgan fingerprint density at radius 3 is 2.22 bits per heavy atom. The Hall–Kier alpha value is -2.58. The molecule has 0 aromatic heterocycles. The van der Waals surface area contributed by atoms with Crippen LogP contribution in [0.15, 0.2) is 54.6 Å². The molecule has 1 atom stereocenters. The fourth-order valence-corrected chi connectivity index (χ4v) is 4.35. The number of nitrogens with one attached hydrogen (secondary N) is 1. The van der Waals surface area contributed by atoms with Crippen LogP contribution in [0.5, 0.6) is 0 Å². The van der Waals surface area contributed by atoms with E-state index >= 15 is 0 Å². The molecule has 0 bridgehead atoms. The highest BCUT2D eigenvalue weighted by Gasteiger charge is 2.31. The lowest BCUT2D eigenvalue weighted by atomic mass is 10.1. The van der Waals surface area contributed by atoms with Crippen molar-refractivity contribution in [2.75, 3.05) is 23.7 Å². The molecule has 0 aliphatic rings. The van der Waals surface area contributed by atoms with Crippen molar-refractivity contribution in [3.8, 4) is 0 Å². The molecule has 0 radical (unpaired) electrons. The molecule has 9 heteroatoms. The third-order valence-electron chi connectivity index (χ3n) is 4.96. The molecule has 7 nitrogen and oxygen atoms in total. The van der Waals surface area contributed by atoms with E-state index < -0.39 is 28.5 Å². The monoisotopic (exact) mass is 479 g/mol. The number of hydrogen-bond donors (Lipinski definition) is 1. The van der Waals surface area contributed by atoms with Crippen LogP contribution in [0.3, 0.4) is 0 Å². The van der Waals surface area contributed by atoms with Crippen molar-refractivity contribution < 1.29 is 18.0 Å². The van der Waals surface area contributed by atoms with E-state index in [1.807, 2.05) is 13.8 Å². The summed E-state index contributed by atoms with van der Waals surface area (Å²) in [5.74, 6) is -0.766. The van der Waals surface area contributed by atoms with Crippen LogP contribution in [0.25, 0.3) is 0 Å². The van der Waals surface area contributed by atoms with Crippen LogP contribution in [-0.2, 0) is 26.2 Å². The van der Waals surface area contributed by atoms with Crippen LogP contribution in [-0.4, -0.2) is 50.5 Å². The number of sulfonamides is 1. The number of benzene rings is 2. The van der Waals surface area contributed by atoms with Crippen LogP contribution in [0.2, 0.25) is 5.02 Å². The summed E-state index contributed by atoms with van der Waals surface area (Å²) in [6, 6.07) is 14.7. The summed E-state index contributed by atoms with van der Waals surface area (Å²) >= 11 is 6.31. The number of amides is 2. The second kappa shape index (κ2) is 11.9. The van der Waals surface area contributed by atoms with Gasteiger partial charge in [0.25, 0.3) is 0 Å². The second-order valence-corrected chi connectivity index (χ2v) is 9.75. The molecule has 2 aromatic rings. The molecule has 2 aromatic carbocycles. The first-order valence-corrected chi connectivity index (χ1v) is 12.7. The molecular formula is C23H30ClN3O4S. The highest BCUT2D eigenvalue weighted by molar-refractivity contribution is 7.92. The van der Waals surface area contributed by atoms with E-state index in [9.17, 15) is 18.0 Å². The summed E-state index contributed by atoms with van der Waals surface area (Å²) < 4.78 is 26.0. The Morgan fingerprint density at radius 1 is 1.03 bits per heavy atom. The van der Waals surface area contributed by atoms with Gasteiger partial charge in [-0.25, -0.2) is 8.42 Å². The standard InChI is InChI=1S/C23H30ClN3O4S/c1-4-15-25-23(29)21(5-2)26(16-18-11-9-10-14-20(18)24)22(28)17-27(32(3,30)31)19-12-7-6-8-13-19/h6-14,21H,4-5,15-17H2,1-3H3,(H,25,29)/t21-/m1/s1. The lowest BCUT2D eigenvalue weighted by Crippen LogP contribution is -2.52. The number of halogens is 1. The molecule has 174 valence electrons. The first kappa shape index (κ1) is 25.7. The van der Waals surface area contributed by atoms with Gasteiger partial charge in [-0.3, -0.25) is 13.9 Å². The van der Waals surface area contributed by atoms with Gasteiger partial charge in [0, 0.05) is 18.1 Å². The summed E-state index contributed by atoms with van der Waals surface area (Å²) in [6.45, 7) is 3.91. The maximum absolute atomic E-state index is 13.5. The summed E-state index contributed by atoms with van der Waals surface area (Å²) in [4.78, 5) is 27.7. The quantitative estimate of drug-likeness (QED) is 0.534. The molecule has 0 saturated carbocycles. The van der Waals surface area contributed by atoms with Crippen LogP contribution in [0.4, 0.5) is 5.69 Å². The van der Waals surface area contributed by atoms with E-state index in [4.69, 9.17) is 11.6 Å². The van der Waals surface area contributed by atoms with E-state index in [0.29, 0.717) is 29.2 Å². The van der Waals surface area contributed by atoms with E-state index in [0.717, 1.165) is 17.0 Å². The number of hydrogen-bond acceptors (Lipinski definition) is 4. The highest BCUT2D eigenvalue weighted by Crippen LogP contribution is 2.22. The molecule has 2 rings (SSSR count). The highest BCUT2D eigenvalue weighted by atomic mass is 35.5. The first-order valence-electron chi connectivity index (χ1n) is 10.5. The minimum Gasteiger partial charge on any atom is -0.354 e. The number of rotatable bonds is 11. The topological polar surface area (TPSA) is 86.8 Å². The Bertz CT molecular complexity index is 1010. The van der Waals surface area contributed by atoms with Crippen molar-refractivity contribution >= 4 is 39.1 Å². The number of carbonyl (C=O) groups is 2. The maximum Gasteiger partial charge on any atom is 0.244 e. The molecule has 0 aliphatic carbocycles. The largest absolute Gasteiger partial charge is 0.354 e. The van der Waals surface area contributed by atoms with E-state index in [1.54, 1.807) is 54.6 Å². The van der Waals surface area contributed by atoms with Crippen molar-refractivity contribution in [3.05, 3.63) is 65.2 Å². The van der Waals surface area contributed by atoms with Gasteiger partial charge in [-0.15, -0.1) is 0 Å². The normalized spacial score (nSPS) is 12.1. The van der Waals surface area contributed by atoms with Gasteiger partial charge in [-0.1, -0.05) is 61.8 Å². The van der Waals surface area contributed by atoms with Crippen LogP contribution >= 0.6 is 11.6 Å². The maximum atomic E-state index is 13.5. The zero-order valence-corrected chi connectivity index (χ0v) is 20.2. The second-order valence-electron chi connectivity index (χ2n) is 7.43. The molecule has 0 saturated heterocycles. The van der Waals surface area contributed by atoms with Crippen molar-refractivity contribution in [3.63, 3.8) is 0 Å². The number of anilines is 1. The SMILES string of the molecule is CCCNC(=O)[C@@H](CC)N(Cc1ccccc1Cl)C(=O)CN(c1ccccc1)S(C)(=O)=O. The van der Waals surface area contributed by atoms with E-state index in [-0.39, 0.29) is 12.5 Å². The lowest BCUT2D eigenvalue weighted by molar-refractivity contribution is -0.140. The Morgan fingerprint density at radius 2 is 1.66 bits per heavy atom. The average molecular weight is 480 g/mol. The molecule has 2 amide bonds. The molecule has 0 aliphatic heterocycles. The van der Waals surface area contributed by atoms with Gasteiger partial charge in [0.15, 0.2) is 0 Å². The van der Waals surface area contributed by atoms with Gasteiger partial charge in [-0.05, 0) is 36.6 Å². The zero-order chi connectivity index (χ0) is 23.7. The Kier molecular flexibility index (Phi) is 9.53. The number of para-hydroxylation sites is 1. The number of carbonyl (C=O) groups excluding carboxylic acids is 2. The smallest absolute Gasteiger partial charge is 0.244 e. The molecule has 0 unspecified atom stereocenters. The average Bonchev–Trinajstić information content (AvgIpc) is 2.76. The van der Waals surface area contributed by atoms with Crippen molar-refractivity contribution in [2.24, 2.45) is 0 Å². The van der Waals surface area contributed by atoms with E-state index in [1.165, 1.54) is 4.90 Å². The predicted molar refractivity (Wildman–Crippen MR) is 128 cm³/mol. The van der Waals surface area contributed by atoms with Crippen LogP contribution < -0.4 is 9.62 Å². The minimum absolute atomic E-state index is 0.0863. The van der Waals surface area contributed by atoms with Gasteiger partial charge in [0.05, 0.1) is 11.9 Å². The van der Waals surface area contributed by atoms with Gasteiger partial charge >= 0.3 is 0 Å². The molecule has 0 spiro atoms. The van der Waals surface area contributed by atoms with Crippen LogP contribution in [0, 0.1) is 0 Å². The summed E-state index contributed by atoms with van der Waals surface area (Å²) in [5, 5.41) is 3.31. The third kappa shape index (κ3) is 6.97. The van der Waals surface area contributed by atoms with Crippen molar-refractivity contribution in [1.82, 2.24) is 10.2 Å². The molecule has 0 heterocycles. The fraction of sp³-hybridized carbons (Fsp3) is 0.391. The van der Waals surface area contributed by atoms with E-state index in [2.05, 4.69) is 5.32 Å². The first-order chi connectivity index (χ1) is 15.2. The fourth-order valence-electron chi connectivity index (χ4n) is 3.30. The summed E-state index contributed by atoms with van der Waals surface area (Å²) in [6.07, 6.45) is 2.18. The molecular weight excluding hydrogens is 450 g/mol. The van der Waals surface area contributed by atoms with Gasteiger partial charge in [0.1, 0.15) is 12.6 Å². The van der Waals surface area contributed by atoms with Gasteiger partial charge in [0.2, 0.25) is 21.8 Å². The summed E-state index contributed by atoms with van der Waals surface area (Å²) in [7, 11) is -3.74. The number of nitrogens with zero attached hydrogens (tertiary/aromatic N) is 2.